The lowest BCUT2D eigenvalue weighted by atomic mass is 10.2. The van der Waals surface area contributed by atoms with Crippen molar-refractivity contribution in [3.63, 3.8) is 0 Å². The summed E-state index contributed by atoms with van der Waals surface area (Å²) < 4.78 is 4.81. The molecule has 6 heteroatoms. The molecule has 0 aromatic heterocycles. The van der Waals surface area contributed by atoms with Crippen LogP contribution >= 0.6 is 0 Å². The molecular formula is C11H16N2O4. The SMILES string of the molecule is COCC(O)CN(C)c1ccccc1[N+](=O)[O-]. The molecule has 1 aromatic rings. The van der Waals surface area contributed by atoms with Gasteiger partial charge in [-0.25, -0.2) is 0 Å². The minimum atomic E-state index is -0.676. The average Bonchev–Trinajstić information content (AvgIpc) is 2.29. The Labute approximate surface area is 99.6 Å². The number of rotatable bonds is 6. The zero-order chi connectivity index (χ0) is 12.8. The number of hydrogen-bond acceptors (Lipinski definition) is 5. The molecule has 6 nitrogen and oxygen atoms in total. The predicted octanol–water partition coefficient (Wildman–Crippen LogP) is 1.04. The molecule has 0 fully saturated rings. The van der Waals surface area contributed by atoms with Crippen molar-refractivity contribution in [3.8, 4) is 0 Å². The van der Waals surface area contributed by atoms with Crippen molar-refractivity contribution in [2.24, 2.45) is 0 Å². The van der Waals surface area contributed by atoms with E-state index in [4.69, 9.17) is 4.74 Å². The van der Waals surface area contributed by atoms with Gasteiger partial charge in [0.05, 0.1) is 17.6 Å². The monoisotopic (exact) mass is 240 g/mol. The Morgan fingerprint density at radius 3 is 2.76 bits per heavy atom. The predicted molar refractivity (Wildman–Crippen MR) is 64.2 cm³/mol. The van der Waals surface area contributed by atoms with Gasteiger partial charge < -0.3 is 14.7 Å². The second-order valence-electron chi connectivity index (χ2n) is 3.74. The van der Waals surface area contributed by atoms with Crippen LogP contribution in [0.15, 0.2) is 24.3 Å². The van der Waals surface area contributed by atoms with Gasteiger partial charge in [-0.2, -0.15) is 0 Å². The van der Waals surface area contributed by atoms with E-state index in [1.807, 2.05) is 0 Å². The summed E-state index contributed by atoms with van der Waals surface area (Å²) in [5.41, 5.74) is 0.507. The van der Waals surface area contributed by atoms with E-state index in [9.17, 15) is 15.2 Å². The van der Waals surface area contributed by atoms with E-state index in [0.29, 0.717) is 5.69 Å². The molecule has 0 heterocycles. The zero-order valence-electron chi connectivity index (χ0n) is 9.87. The first-order valence-corrected chi connectivity index (χ1v) is 5.17. The Morgan fingerprint density at radius 2 is 2.18 bits per heavy atom. The molecule has 0 spiro atoms. The van der Waals surface area contributed by atoms with Crippen molar-refractivity contribution in [1.29, 1.82) is 0 Å². The molecular weight excluding hydrogens is 224 g/mol. The van der Waals surface area contributed by atoms with Crippen LogP contribution in [0.25, 0.3) is 0 Å². The molecule has 0 radical (unpaired) electrons. The Bertz CT molecular complexity index is 383. The number of para-hydroxylation sites is 2. The summed E-state index contributed by atoms with van der Waals surface area (Å²) in [7, 11) is 3.19. The lowest BCUT2D eigenvalue weighted by Crippen LogP contribution is -2.32. The summed E-state index contributed by atoms with van der Waals surface area (Å²) >= 11 is 0. The number of nitrogens with zero attached hydrogens (tertiary/aromatic N) is 2. The van der Waals surface area contributed by atoms with E-state index >= 15 is 0 Å². The van der Waals surface area contributed by atoms with Crippen LogP contribution in [0.4, 0.5) is 11.4 Å². The molecule has 1 unspecified atom stereocenters. The van der Waals surface area contributed by atoms with Gasteiger partial charge in [0.15, 0.2) is 0 Å². The molecule has 0 saturated carbocycles. The van der Waals surface area contributed by atoms with E-state index in [-0.39, 0.29) is 18.8 Å². The fraction of sp³-hybridized carbons (Fsp3) is 0.455. The number of nitro benzene ring substituents is 1. The zero-order valence-corrected chi connectivity index (χ0v) is 9.87. The van der Waals surface area contributed by atoms with Gasteiger partial charge in [0, 0.05) is 26.8 Å². The number of likely N-dealkylation sites (N-methyl/N-ethyl adjacent to an activating group) is 1. The molecule has 0 aliphatic carbocycles. The van der Waals surface area contributed by atoms with E-state index in [0.717, 1.165) is 0 Å². The van der Waals surface area contributed by atoms with Gasteiger partial charge >= 0.3 is 0 Å². The number of benzene rings is 1. The lowest BCUT2D eigenvalue weighted by Gasteiger charge is -2.21. The highest BCUT2D eigenvalue weighted by molar-refractivity contribution is 5.62. The Balaban J connectivity index is 2.81. The van der Waals surface area contributed by atoms with Gasteiger partial charge in [-0.1, -0.05) is 12.1 Å². The van der Waals surface area contributed by atoms with Crippen molar-refractivity contribution in [2.75, 3.05) is 32.2 Å². The van der Waals surface area contributed by atoms with Crippen LogP contribution in [0.5, 0.6) is 0 Å². The van der Waals surface area contributed by atoms with Crippen LogP contribution in [-0.2, 0) is 4.74 Å². The van der Waals surface area contributed by atoms with Gasteiger partial charge in [0.25, 0.3) is 5.69 Å². The maximum absolute atomic E-state index is 10.8. The van der Waals surface area contributed by atoms with Crippen molar-refractivity contribution < 1.29 is 14.8 Å². The molecule has 0 saturated heterocycles. The second kappa shape index (κ2) is 6.17. The first-order chi connectivity index (χ1) is 8.06. The lowest BCUT2D eigenvalue weighted by molar-refractivity contribution is -0.384. The largest absolute Gasteiger partial charge is 0.389 e. The first-order valence-electron chi connectivity index (χ1n) is 5.17. The van der Waals surface area contributed by atoms with E-state index < -0.39 is 11.0 Å². The molecule has 1 N–H and O–H groups in total. The number of anilines is 1. The van der Waals surface area contributed by atoms with Crippen LogP contribution in [0.1, 0.15) is 0 Å². The quantitative estimate of drug-likeness (QED) is 0.594. The standard InChI is InChI=1S/C11H16N2O4/c1-12(7-9(14)8-17-2)10-5-3-4-6-11(10)13(15)16/h3-6,9,14H,7-8H2,1-2H3. The van der Waals surface area contributed by atoms with Crippen LogP contribution in [0.3, 0.4) is 0 Å². The van der Waals surface area contributed by atoms with Crippen LogP contribution in [-0.4, -0.2) is 43.4 Å². The summed E-state index contributed by atoms with van der Waals surface area (Å²) in [6, 6.07) is 6.43. The van der Waals surface area contributed by atoms with Crippen LogP contribution < -0.4 is 4.90 Å². The molecule has 94 valence electrons. The van der Waals surface area contributed by atoms with Crippen molar-refractivity contribution in [1.82, 2.24) is 0 Å². The Kier molecular flexibility index (Phi) is 4.86. The number of aliphatic hydroxyl groups is 1. The smallest absolute Gasteiger partial charge is 0.292 e. The summed E-state index contributed by atoms with van der Waals surface area (Å²) in [4.78, 5) is 12.0. The highest BCUT2D eigenvalue weighted by Gasteiger charge is 2.17. The van der Waals surface area contributed by atoms with E-state index in [1.54, 1.807) is 30.1 Å². The minimum absolute atomic E-state index is 0.0274. The highest BCUT2D eigenvalue weighted by atomic mass is 16.6. The third-order valence-electron chi connectivity index (χ3n) is 2.33. The molecule has 1 rings (SSSR count). The average molecular weight is 240 g/mol. The number of ether oxygens (including phenoxy) is 1. The minimum Gasteiger partial charge on any atom is -0.389 e. The molecule has 17 heavy (non-hydrogen) atoms. The molecule has 0 aliphatic heterocycles. The second-order valence-corrected chi connectivity index (χ2v) is 3.74. The van der Waals surface area contributed by atoms with Gasteiger partial charge in [0.2, 0.25) is 0 Å². The van der Waals surface area contributed by atoms with Gasteiger partial charge in [0.1, 0.15) is 5.69 Å². The highest BCUT2D eigenvalue weighted by Crippen LogP contribution is 2.26. The molecule has 0 bridgehead atoms. The maximum Gasteiger partial charge on any atom is 0.292 e. The van der Waals surface area contributed by atoms with Gasteiger partial charge in [-0.15, -0.1) is 0 Å². The first kappa shape index (κ1) is 13.4. The summed E-state index contributed by atoms with van der Waals surface area (Å²) in [5.74, 6) is 0. The normalized spacial score (nSPS) is 12.2. The number of aliphatic hydroxyl groups excluding tert-OH is 1. The van der Waals surface area contributed by atoms with Crippen LogP contribution in [0.2, 0.25) is 0 Å². The van der Waals surface area contributed by atoms with Crippen molar-refractivity contribution in [2.45, 2.75) is 6.10 Å². The Morgan fingerprint density at radius 1 is 1.53 bits per heavy atom. The van der Waals surface area contributed by atoms with E-state index in [1.165, 1.54) is 13.2 Å². The Hall–Kier alpha value is -1.66. The fourth-order valence-corrected chi connectivity index (χ4v) is 1.60. The van der Waals surface area contributed by atoms with Gasteiger partial charge in [-0.05, 0) is 6.07 Å². The molecule has 1 aromatic carbocycles. The fourth-order valence-electron chi connectivity index (χ4n) is 1.60. The maximum atomic E-state index is 10.8. The van der Waals surface area contributed by atoms with Crippen LogP contribution in [0, 0.1) is 10.1 Å². The summed E-state index contributed by atoms with van der Waals surface area (Å²) in [5, 5.41) is 20.4. The number of nitro groups is 1. The molecule has 0 amide bonds. The molecule has 0 aliphatic rings. The summed E-state index contributed by atoms with van der Waals surface area (Å²) in [6.07, 6.45) is -0.676. The van der Waals surface area contributed by atoms with E-state index in [2.05, 4.69) is 0 Å². The molecule has 1 atom stereocenters. The van der Waals surface area contributed by atoms with Crippen molar-refractivity contribution >= 4 is 11.4 Å². The van der Waals surface area contributed by atoms with Crippen molar-refractivity contribution in [3.05, 3.63) is 34.4 Å². The summed E-state index contributed by atoms with van der Waals surface area (Å²) in [6.45, 7) is 0.476. The third-order valence-corrected chi connectivity index (χ3v) is 2.33. The third kappa shape index (κ3) is 3.69. The number of methoxy groups -OCH3 is 1. The topological polar surface area (TPSA) is 75.8 Å². The van der Waals surface area contributed by atoms with Gasteiger partial charge in [-0.3, -0.25) is 10.1 Å². The number of hydrogen-bond donors (Lipinski definition) is 1.